The van der Waals surface area contributed by atoms with Gasteiger partial charge in [-0.05, 0) is 32.0 Å². The summed E-state index contributed by atoms with van der Waals surface area (Å²) in [5.74, 6) is 0.951. The number of rotatable bonds is 4. The smallest absolute Gasteiger partial charge is 0.224 e. The van der Waals surface area contributed by atoms with Gasteiger partial charge in [0.25, 0.3) is 0 Å². The highest BCUT2D eigenvalue weighted by Gasteiger charge is 2.04. The van der Waals surface area contributed by atoms with E-state index in [1.807, 2.05) is 13.8 Å². The van der Waals surface area contributed by atoms with Crippen molar-refractivity contribution in [2.75, 3.05) is 17.2 Å². The first-order valence-corrected chi connectivity index (χ1v) is 5.79. The lowest BCUT2D eigenvalue weighted by Gasteiger charge is -2.10. The standard InChI is InChI=1S/C13H15FN4/c1-3-15-13-16-8-9(2)12(18-13)17-11-6-4-5-10(14)7-11/h4-8H,3H2,1-2H3,(H2,15,16,17,18). The highest BCUT2D eigenvalue weighted by Crippen LogP contribution is 2.19. The maximum absolute atomic E-state index is 13.1. The molecule has 2 rings (SSSR count). The first-order valence-electron chi connectivity index (χ1n) is 5.79. The summed E-state index contributed by atoms with van der Waals surface area (Å²) in [5.41, 5.74) is 1.57. The zero-order valence-electron chi connectivity index (χ0n) is 10.4. The molecule has 18 heavy (non-hydrogen) atoms. The largest absolute Gasteiger partial charge is 0.354 e. The van der Waals surface area contributed by atoms with E-state index in [2.05, 4.69) is 20.6 Å². The number of nitrogens with zero attached hydrogens (tertiary/aromatic N) is 2. The van der Waals surface area contributed by atoms with Crippen LogP contribution >= 0.6 is 0 Å². The quantitative estimate of drug-likeness (QED) is 0.870. The van der Waals surface area contributed by atoms with Crippen LogP contribution in [0.1, 0.15) is 12.5 Å². The van der Waals surface area contributed by atoms with E-state index in [9.17, 15) is 4.39 Å². The zero-order valence-corrected chi connectivity index (χ0v) is 10.4. The number of halogens is 1. The van der Waals surface area contributed by atoms with Crippen LogP contribution in [0.15, 0.2) is 30.5 Å². The Labute approximate surface area is 105 Å². The highest BCUT2D eigenvalue weighted by atomic mass is 19.1. The molecule has 94 valence electrons. The normalized spacial score (nSPS) is 10.2. The van der Waals surface area contributed by atoms with Crippen LogP contribution in [-0.2, 0) is 0 Å². The van der Waals surface area contributed by atoms with Crippen molar-refractivity contribution in [3.05, 3.63) is 41.8 Å². The van der Waals surface area contributed by atoms with Crippen molar-refractivity contribution in [1.29, 1.82) is 0 Å². The number of benzene rings is 1. The van der Waals surface area contributed by atoms with Crippen molar-refractivity contribution < 1.29 is 4.39 Å². The van der Waals surface area contributed by atoms with Crippen molar-refractivity contribution in [2.45, 2.75) is 13.8 Å². The van der Waals surface area contributed by atoms with Crippen molar-refractivity contribution in [3.63, 3.8) is 0 Å². The molecule has 1 heterocycles. The molecule has 0 saturated heterocycles. The van der Waals surface area contributed by atoms with Gasteiger partial charge in [0.15, 0.2) is 0 Å². The first-order chi connectivity index (χ1) is 8.69. The minimum Gasteiger partial charge on any atom is -0.354 e. The van der Waals surface area contributed by atoms with Crippen molar-refractivity contribution >= 4 is 17.5 Å². The van der Waals surface area contributed by atoms with Gasteiger partial charge in [0, 0.05) is 24.0 Å². The summed E-state index contributed by atoms with van der Waals surface area (Å²) in [4.78, 5) is 8.48. The summed E-state index contributed by atoms with van der Waals surface area (Å²) in [7, 11) is 0. The molecule has 1 aromatic heterocycles. The van der Waals surface area contributed by atoms with E-state index in [1.165, 1.54) is 12.1 Å². The maximum atomic E-state index is 13.1. The summed E-state index contributed by atoms with van der Waals surface area (Å²) in [5, 5.41) is 6.12. The van der Waals surface area contributed by atoms with Crippen molar-refractivity contribution in [2.24, 2.45) is 0 Å². The number of aryl methyl sites for hydroxylation is 1. The van der Waals surface area contributed by atoms with E-state index in [1.54, 1.807) is 18.3 Å². The monoisotopic (exact) mass is 246 g/mol. The molecule has 0 radical (unpaired) electrons. The van der Waals surface area contributed by atoms with Crippen LogP contribution in [0.3, 0.4) is 0 Å². The molecule has 0 unspecified atom stereocenters. The number of anilines is 3. The van der Waals surface area contributed by atoms with Crippen molar-refractivity contribution in [1.82, 2.24) is 9.97 Å². The Bertz CT molecular complexity index is 542. The minimum atomic E-state index is -0.279. The third-order valence-corrected chi connectivity index (χ3v) is 2.39. The van der Waals surface area contributed by atoms with E-state index in [0.717, 1.165) is 12.1 Å². The molecule has 0 aliphatic heterocycles. The van der Waals surface area contributed by atoms with E-state index in [-0.39, 0.29) is 5.82 Å². The third-order valence-electron chi connectivity index (χ3n) is 2.39. The SMILES string of the molecule is CCNc1ncc(C)c(Nc2cccc(F)c2)n1. The number of hydrogen-bond donors (Lipinski definition) is 2. The molecule has 0 spiro atoms. The molecular formula is C13H15FN4. The lowest BCUT2D eigenvalue weighted by molar-refractivity contribution is 0.628. The molecule has 0 atom stereocenters. The second-order valence-corrected chi connectivity index (χ2v) is 3.89. The summed E-state index contributed by atoms with van der Waals surface area (Å²) in [6.45, 7) is 4.63. The molecule has 2 N–H and O–H groups in total. The fourth-order valence-corrected chi connectivity index (χ4v) is 1.51. The van der Waals surface area contributed by atoms with Crippen LogP contribution in [0.25, 0.3) is 0 Å². The summed E-state index contributed by atoms with van der Waals surface area (Å²) in [6.07, 6.45) is 1.73. The molecule has 0 saturated carbocycles. The van der Waals surface area contributed by atoms with Gasteiger partial charge in [-0.3, -0.25) is 0 Å². The maximum Gasteiger partial charge on any atom is 0.224 e. The lowest BCUT2D eigenvalue weighted by atomic mass is 10.3. The average molecular weight is 246 g/mol. The van der Waals surface area contributed by atoms with E-state index >= 15 is 0 Å². The molecule has 0 fully saturated rings. The molecule has 1 aromatic carbocycles. The van der Waals surface area contributed by atoms with Gasteiger partial charge in [0.2, 0.25) is 5.95 Å². The van der Waals surface area contributed by atoms with Gasteiger partial charge in [0.1, 0.15) is 11.6 Å². The molecule has 5 heteroatoms. The van der Waals surface area contributed by atoms with E-state index < -0.39 is 0 Å². The van der Waals surface area contributed by atoms with Gasteiger partial charge in [-0.15, -0.1) is 0 Å². The zero-order chi connectivity index (χ0) is 13.0. The van der Waals surface area contributed by atoms with Crippen LogP contribution in [0.4, 0.5) is 21.8 Å². The van der Waals surface area contributed by atoms with Crippen LogP contribution in [-0.4, -0.2) is 16.5 Å². The molecular weight excluding hydrogens is 231 g/mol. The molecule has 2 aromatic rings. The fraction of sp³-hybridized carbons (Fsp3) is 0.231. The minimum absolute atomic E-state index is 0.279. The number of nitrogens with one attached hydrogen (secondary N) is 2. The molecule has 0 aliphatic carbocycles. The second-order valence-electron chi connectivity index (χ2n) is 3.89. The van der Waals surface area contributed by atoms with Gasteiger partial charge in [-0.2, -0.15) is 4.98 Å². The van der Waals surface area contributed by atoms with Crippen LogP contribution < -0.4 is 10.6 Å². The number of hydrogen-bond acceptors (Lipinski definition) is 4. The Morgan fingerprint density at radius 1 is 1.33 bits per heavy atom. The highest BCUT2D eigenvalue weighted by molar-refractivity contribution is 5.59. The number of aromatic nitrogens is 2. The topological polar surface area (TPSA) is 49.8 Å². The Kier molecular flexibility index (Phi) is 3.72. The Balaban J connectivity index is 2.25. The second kappa shape index (κ2) is 5.44. The van der Waals surface area contributed by atoms with Gasteiger partial charge < -0.3 is 10.6 Å². The summed E-state index contributed by atoms with van der Waals surface area (Å²) >= 11 is 0. The molecule has 0 aliphatic rings. The third kappa shape index (κ3) is 2.94. The predicted octanol–water partition coefficient (Wildman–Crippen LogP) is 3.10. The first kappa shape index (κ1) is 12.3. The fourth-order valence-electron chi connectivity index (χ4n) is 1.51. The average Bonchev–Trinajstić information content (AvgIpc) is 2.34. The lowest BCUT2D eigenvalue weighted by Crippen LogP contribution is -2.05. The molecule has 0 amide bonds. The van der Waals surface area contributed by atoms with Gasteiger partial charge in [-0.25, -0.2) is 9.37 Å². The van der Waals surface area contributed by atoms with Gasteiger partial charge >= 0.3 is 0 Å². The summed E-state index contributed by atoms with van der Waals surface area (Å²) in [6, 6.07) is 6.27. The Hall–Kier alpha value is -2.17. The molecule has 4 nitrogen and oxygen atoms in total. The van der Waals surface area contributed by atoms with Crippen LogP contribution in [0, 0.1) is 12.7 Å². The van der Waals surface area contributed by atoms with E-state index in [0.29, 0.717) is 17.5 Å². The van der Waals surface area contributed by atoms with Crippen LogP contribution in [0.5, 0.6) is 0 Å². The van der Waals surface area contributed by atoms with Gasteiger partial charge in [0.05, 0.1) is 0 Å². The Morgan fingerprint density at radius 3 is 2.89 bits per heavy atom. The molecule has 0 bridgehead atoms. The van der Waals surface area contributed by atoms with E-state index in [4.69, 9.17) is 0 Å². The Morgan fingerprint density at radius 2 is 2.17 bits per heavy atom. The van der Waals surface area contributed by atoms with Crippen LogP contribution in [0.2, 0.25) is 0 Å². The summed E-state index contributed by atoms with van der Waals surface area (Å²) < 4.78 is 13.1. The predicted molar refractivity (Wildman–Crippen MR) is 70.6 cm³/mol. The van der Waals surface area contributed by atoms with Gasteiger partial charge in [-0.1, -0.05) is 6.07 Å². The van der Waals surface area contributed by atoms with Crippen molar-refractivity contribution in [3.8, 4) is 0 Å².